The van der Waals surface area contributed by atoms with Crippen LogP contribution < -0.4 is 21.5 Å². The first-order valence-electron chi connectivity index (χ1n) is 9.72. The van der Waals surface area contributed by atoms with Gasteiger partial charge in [-0.1, -0.05) is 12.1 Å². The fourth-order valence-electron chi connectivity index (χ4n) is 3.50. The summed E-state index contributed by atoms with van der Waals surface area (Å²) in [4.78, 5) is 31.8. The van der Waals surface area contributed by atoms with E-state index in [1.807, 2.05) is 24.3 Å². The van der Waals surface area contributed by atoms with Crippen molar-refractivity contribution in [3.63, 3.8) is 0 Å². The average Bonchev–Trinajstić information content (AvgIpc) is 3.11. The maximum atomic E-state index is 12.5. The Hall–Kier alpha value is -2.91. The Morgan fingerprint density at radius 1 is 1.07 bits per heavy atom. The summed E-state index contributed by atoms with van der Waals surface area (Å²) < 4.78 is 0. The molecular formula is C19H26N8O. The molecule has 1 aliphatic heterocycles. The zero-order valence-electron chi connectivity index (χ0n) is 15.8. The second-order valence-electron chi connectivity index (χ2n) is 6.99. The van der Waals surface area contributed by atoms with Gasteiger partial charge in [0.25, 0.3) is 5.56 Å². The van der Waals surface area contributed by atoms with Crippen molar-refractivity contribution in [3.05, 3.63) is 40.8 Å². The number of benzene rings is 1. The minimum absolute atomic E-state index is 0.242. The molecule has 5 N–H and O–H groups in total. The molecule has 0 spiro atoms. The number of unbranched alkanes of at least 4 members (excludes halogenated alkanes) is 1. The number of nitrogens with one attached hydrogen (secondary N) is 3. The number of hydrogen-bond donors (Lipinski definition) is 4. The highest BCUT2D eigenvalue weighted by Gasteiger charge is 2.19. The summed E-state index contributed by atoms with van der Waals surface area (Å²) in [5.41, 5.74) is 7.70. The van der Waals surface area contributed by atoms with Crippen LogP contribution in [0.5, 0.6) is 0 Å². The summed E-state index contributed by atoms with van der Waals surface area (Å²) in [6, 6.07) is 7.74. The van der Waals surface area contributed by atoms with Gasteiger partial charge >= 0.3 is 0 Å². The van der Waals surface area contributed by atoms with E-state index in [2.05, 4.69) is 35.1 Å². The molecule has 0 unspecified atom stereocenters. The number of anilines is 3. The maximum absolute atomic E-state index is 12.5. The zero-order valence-corrected chi connectivity index (χ0v) is 15.8. The first kappa shape index (κ1) is 18.5. The van der Waals surface area contributed by atoms with E-state index in [9.17, 15) is 4.79 Å². The second-order valence-corrected chi connectivity index (χ2v) is 6.99. The number of para-hydroxylation sites is 2. The van der Waals surface area contributed by atoms with Crippen molar-refractivity contribution in [1.29, 1.82) is 0 Å². The third-order valence-corrected chi connectivity index (χ3v) is 5.05. The molecule has 0 saturated carbocycles. The van der Waals surface area contributed by atoms with Crippen molar-refractivity contribution in [2.24, 2.45) is 5.73 Å². The molecule has 9 nitrogen and oxygen atoms in total. The molecule has 9 heteroatoms. The van der Waals surface area contributed by atoms with E-state index >= 15 is 0 Å². The third kappa shape index (κ3) is 4.15. The van der Waals surface area contributed by atoms with Gasteiger partial charge in [-0.3, -0.25) is 15.0 Å². The number of piperazine rings is 1. The van der Waals surface area contributed by atoms with E-state index in [1.54, 1.807) is 6.20 Å². The quantitative estimate of drug-likeness (QED) is 0.454. The van der Waals surface area contributed by atoms with Crippen LogP contribution in [0.15, 0.2) is 35.3 Å². The van der Waals surface area contributed by atoms with Gasteiger partial charge in [-0.05, 0) is 38.1 Å². The van der Waals surface area contributed by atoms with Crippen LogP contribution in [-0.4, -0.2) is 64.1 Å². The molecule has 2 aromatic heterocycles. The highest BCUT2D eigenvalue weighted by atomic mass is 16.1. The molecule has 148 valence electrons. The Labute approximate surface area is 163 Å². The standard InChI is InChI=1S/C19H26N8O/c20-7-3-4-8-26-9-11-27(12-10-26)16-13-21-18(24-17(16)28)25-19-22-14-5-1-2-6-15(14)23-19/h1-2,5-6,13H,3-4,7-12,20H2,(H3,21,22,23,24,25,28). The van der Waals surface area contributed by atoms with Crippen molar-refractivity contribution in [2.45, 2.75) is 12.8 Å². The van der Waals surface area contributed by atoms with Crippen LogP contribution >= 0.6 is 0 Å². The van der Waals surface area contributed by atoms with E-state index in [0.29, 0.717) is 17.6 Å². The summed E-state index contributed by atoms with van der Waals surface area (Å²) in [7, 11) is 0. The van der Waals surface area contributed by atoms with E-state index in [4.69, 9.17) is 5.73 Å². The molecule has 0 radical (unpaired) electrons. The number of imidazole rings is 1. The highest BCUT2D eigenvalue weighted by molar-refractivity contribution is 5.77. The first-order valence-corrected chi connectivity index (χ1v) is 9.72. The van der Waals surface area contributed by atoms with E-state index in [-0.39, 0.29) is 5.56 Å². The van der Waals surface area contributed by atoms with Gasteiger partial charge in [-0.15, -0.1) is 0 Å². The van der Waals surface area contributed by atoms with Crippen LogP contribution in [0.2, 0.25) is 0 Å². The largest absolute Gasteiger partial charge is 0.363 e. The molecule has 1 fully saturated rings. The maximum Gasteiger partial charge on any atom is 0.297 e. The summed E-state index contributed by atoms with van der Waals surface area (Å²) in [6.45, 7) is 5.36. The van der Waals surface area contributed by atoms with Crippen LogP contribution in [0.4, 0.5) is 17.6 Å². The molecule has 3 heterocycles. The molecular weight excluding hydrogens is 356 g/mol. The number of nitrogens with two attached hydrogens (primary N) is 1. The Kier molecular flexibility index (Phi) is 5.54. The number of aromatic amines is 2. The van der Waals surface area contributed by atoms with Crippen LogP contribution in [0.3, 0.4) is 0 Å². The van der Waals surface area contributed by atoms with Crippen molar-refractivity contribution < 1.29 is 0 Å². The molecule has 1 aliphatic rings. The van der Waals surface area contributed by atoms with Crippen LogP contribution in [-0.2, 0) is 0 Å². The third-order valence-electron chi connectivity index (χ3n) is 5.05. The summed E-state index contributed by atoms with van der Waals surface area (Å²) in [5.74, 6) is 0.913. The summed E-state index contributed by atoms with van der Waals surface area (Å²) >= 11 is 0. The number of hydrogen-bond acceptors (Lipinski definition) is 7. The Bertz CT molecular complexity index is 940. The number of H-pyrrole nitrogens is 2. The predicted octanol–water partition coefficient (Wildman–Crippen LogP) is 1.25. The lowest BCUT2D eigenvalue weighted by molar-refractivity contribution is 0.253. The molecule has 0 aliphatic carbocycles. The van der Waals surface area contributed by atoms with Crippen LogP contribution in [0.25, 0.3) is 11.0 Å². The monoisotopic (exact) mass is 382 g/mol. The zero-order chi connectivity index (χ0) is 19.3. The molecule has 1 aromatic carbocycles. The lowest BCUT2D eigenvalue weighted by Gasteiger charge is -2.35. The predicted molar refractivity (Wildman–Crippen MR) is 111 cm³/mol. The highest BCUT2D eigenvalue weighted by Crippen LogP contribution is 2.16. The molecule has 4 rings (SSSR count). The molecule has 0 atom stereocenters. The van der Waals surface area contributed by atoms with Gasteiger partial charge < -0.3 is 20.6 Å². The van der Waals surface area contributed by atoms with Gasteiger partial charge in [0.1, 0.15) is 5.69 Å². The Morgan fingerprint density at radius 2 is 1.89 bits per heavy atom. The van der Waals surface area contributed by atoms with Crippen molar-refractivity contribution in [3.8, 4) is 0 Å². The van der Waals surface area contributed by atoms with Crippen LogP contribution in [0, 0.1) is 0 Å². The smallest absolute Gasteiger partial charge is 0.297 e. The number of rotatable bonds is 7. The average molecular weight is 382 g/mol. The molecule has 1 saturated heterocycles. The minimum atomic E-state index is -0.242. The van der Waals surface area contributed by atoms with Gasteiger partial charge in [-0.2, -0.15) is 4.98 Å². The van der Waals surface area contributed by atoms with Crippen LogP contribution in [0.1, 0.15) is 12.8 Å². The Morgan fingerprint density at radius 3 is 2.64 bits per heavy atom. The summed E-state index contributed by atoms with van der Waals surface area (Å²) in [6.07, 6.45) is 3.91. The van der Waals surface area contributed by atoms with Crippen molar-refractivity contribution in [2.75, 3.05) is 49.5 Å². The first-order chi connectivity index (χ1) is 13.7. The fourth-order valence-corrected chi connectivity index (χ4v) is 3.50. The molecule has 3 aromatic rings. The SMILES string of the molecule is NCCCCN1CCN(c2c[nH]c(Nc3nc4ccccc4[nH]3)nc2=O)CC1. The number of aromatic nitrogens is 4. The van der Waals surface area contributed by atoms with Gasteiger partial charge in [0.2, 0.25) is 11.9 Å². The fraction of sp³-hybridized carbons (Fsp3) is 0.421. The molecule has 0 amide bonds. The van der Waals surface area contributed by atoms with Gasteiger partial charge in [0.15, 0.2) is 0 Å². The number of nitrogens with zero attached hydrogens (tertiary/aromatic N) is 4. The van der Waals surface area contributed by atoms with E-state index in [1.165, 1.54) is 0 Å². The molecule has 0 bridgehead atoms. The van der Waals surface area contributed by atoms with E-state index in [0.717, 1.165) is 63.1 Å². The van der Waals surface area contributed by atoms with E-state index < -0.39 is 0 Å². The second kappa shape index (κ2) is 8.41. The van der Waals surface area contributed by atoms with Gasteiger partial charge in [0.05, 0.1) is 11.0 Å². The lowest BCUT2D eigenvalue weighted by atomic mass is 10.2. The van der Waals surface area contributed by atoms with Gasteiger partial charge in [-0.25, -0.2) is 4.98 Å². The molecule has 28 heavy (non-hydrogen) atoms. The van der Waals surface area contributed by atoms with Crippen molar-refractivity contribution >= 4 is 28.6 Å². The lowest BCUT2D eigenvalue weighted by Crippen LogP contribution is -2.48. The number of fused-ring (bicyclic) bond motifs is 1. The Balaban J connectivity index is 1.39. The normalized spacial score (nSPS) is 15.2. The van der Waals surface area contributed by atoms with Crippen molar-refractivity contribution in [1.82, 2.24) is 24.8 Å². The van der Waals surface area contributed by atoms with Gasteiger partial charge in [0, 0.05) is 32.4 Å². The topological polar surface area (TPSA) is 119 Å². The summed E-state index contributed by atoms with van der Waals surface area (Å²) in [5, 5.41) is 3.03. The minimum Gasteiger partial charge on any atom is -0.363 e.